The number of imide groups is 1. The van der Waals surface area contributed by atoms with Crippen LogP contribution in [-0.4, -0.2) is 21.4 Å². The van der Waals surface area contributed by atoms with Gasteiger partial charge in [-0.2, -0.15) is 5.10 Å². The maximum atomic E-state index is 11.8. The third-order valence-electron chi connectivity index (χ3n) is 3.14. The Morgan fingerprint density at radius 2 is 2.28 bits per heavy atom. The number of carbonyl (C=O) groups is 2. The maximum absolute atomic E-state index is 11.8. The van der Waals surface area contributed by atoms with Gasteiger partial charge in [-0.05, 0) is 40.0 Å². The number of halogens is 1. The van der Waals surface area contributed by atoms with Gasteiger partial charge in [0.25, 0.3) is 0 Å². The average Bonchev–Trinajstić information content (AvgIpc) is 2.71. The molecule has 0 radical (unpaired) electrons. The lowest BCUT2D eigenvalue weighted by Crippen LogP contribution is -2.39. The predicted octanol–water partition coefficient (Wildman–Crippen LogP) is 1.62. The van der Waals surface area contributed by atoms with Gasteiger partial charge in [0.1, 0.15) is 0 Å². The highest BCUT2D eigenvalue weighted by atomic mass is 79.9. The van der Waals surface area contributed by atoms with Crippen LogP contribution in [0, 0.1) is 0 Å². The lowest BCUT2D eigenvalue weighted by atomic mass is 9.91. The van der Waals surface area contributed by atoms with Gasteiger partial charge in [-0.25, -0.2) is 4.52 Å². The standard InChI is InChI=1S/C12H10BrN3O2/c13-9-6-14-16-4-3-7(5-10(9)16)8-1-2-11(17)15-12(8)18/h3-6,8H,1-2H2,(H,15,17,18). The normalized spacial score (nSPS) is 20.2. The Labute approximate surface area is 111 Å². The molecule has 1 unspecified atom stereocenters. The lowest BCUT2D eigenvalue weighted by molar-refractivity contribution is -0.134. The zero-order chi connectivity index (χ0) is 12.7. The first kappa shape index (κ1) is 11.4. The molecule has 0 aromatic carbocycles. The van der Waals surface area contributed by atoms with Crippen molar-refractivity contribution in [3.63, 3.8) is 0 Å². The Hall–Kier alpha value is -1.69. The van der Waals surface area contributed by atoms with E-state index in [1.54, 1.807) is 10.7 Å². The summed E-state index contributed by atoms with van der Waals surface area (Å²) in [5, 5.41) is 6.52. The molecule has 2 aromatic rings. The number of carbonyl (C=O) groups excluding carboxylic acids is 2. The number of nitrogens with one attached hydrogen (secondary N) is 1. The Balaban J connectivity index is 2.01. The fourth-order valence-corrected chi connectivity index (χ4v) is 2.58. The molecule has 1 aliphatic rings. The summed E-state index contributed by atoms with van der Waals surface area (Å²) in [4.78, 5) is 22.9. The number of piperidine rings is 1. The maximum Gasteiger partial charge on any atom is 0.234 e. The summed E-state index contributed by atoms with van der Waals surface area (Å²) in [6.07, 6.45) is 4.48. The lowest BCUT2D eigenvalue weighted by Gasteiger charge is -2.21. The number of amides is 2. The van der Waals surface area contributed by atoms with E-state index >= 15 is 0 Å². The largest absolute Gasteiger partial charge is 0.296 e. The quantitative estimate of drug-likeness (QED) is 0.814. The van der Waals surface area contributed by atoms with Crippen molar-refractivity contribution in [1.82, 2.24) is 14.9 Å². The number of nitrogens with zero attached hydrogens (tertiary/aromatic N) is 2. The van der Waals surface area contributed by atoms with Crippen molar-refractivity contribution in [2.45, 2.75) is 18.8 Å². The van der Waals surface area contributed by atoms with Gasteiger partial charge in [-0.3, -0.25) is 14.9 Å². The molecule has 5 nitrogen and oxygen atoms in total. The first-order valence-corrected chi connectivity index (χ1v) is 6.41. The van der Waals surface area contributed by atoms with Gasteiger partial charge in [0.2, 0.25) is 11.8 Å². The monoisotopic (exact) mass is 307 g/mol. The zero-order valence-corrected chi connectivity index (χ0v) is 11.0. The van der Waals surface area contributed by atoms with Crippen molar-refractivity contribution >= 4 is 33.3 Å². The van der Waals surface area contributed by atoms with E-state index in [4.69, 9.17) is 0 Å². The minimum Gasteiger partial charge on any atom is -0.296 e. The number of pyridine rings is 1. The average molecular weight is 308 g/mol. The minimum absolute atomic E-state index is 0.192. The van der Waals surface area contributed by atoms with Crippen LogP contribution in [-0.2, 0) is 9.59 Å². The highest BCUT2D eigenvalue weighted by molar-refractivity contribution is 9.10. The van der Waals surface area contributed by atoms with E-state index in [9.17, 15) is 9.59 Å². The molecule has 2 aromatic heterocycles. The van der Waals surface area contributed by atoms with Crippen LogP contribution >= 0.6 is 15.9 Å². The number of aromatic nitrogens is 2. The van der Waals surface area contributed by atoms with Crippen molar-refractivity contribution in [3.8, 4) is 0 Å². The van der Waals surface area contributed by atoms with Gasteiger partial charge < -0.3 is 0 Å². The van der Waals surface area contributed by atoms with E-state index < -0.39 is 0 Å². The number of rotatable bonds is 1. The summed E-state index contributed by atoms with van der Waals surface area (Å²) in [6.45, 7) is 0. The van der Waals surface area contributed by atoms with Crippen LogP contribution in [0.1, 0.15) is 24.3 Å². The summed E-state index contributed by atoms with van der Waals surface area (Å²) in [5.41, 5.74) is 1.82. The molecule has 1 atom stereocenters. The van der Waals surface area contributed by atoms with Gasteiger partial charge in [0.15, 0.2) is 0 Å². The molecule has 3 rings (SSSR count). The van der Waals surface area contributed by atoms with Gasteiger partial charge in [0, 0.05) is 12.6 Å². The van der Waals surface area contributed by atoms with E-state index in [0.717, 1.165) is 15.6 Å². The molecule has 18 heavy (non-hydrogen) atoms. The molecule has 0 bridgehead atoms. The van der Waals surface area contributed by atoms with E-state index in [1.807, 2.05) is 18.3 Å². The molecular formula is C12H10BrN3O2. The molecule has 0 spiro atoms. The molecule has 1 N–H and O–H groups in total. The number of hydrogen-bond acceptors (Lipinski definition) is 3. The van der Waals surface area contributed by atoms with Crippen LogP contribution in [0.5, 0.6) is 0 Å². The first-order chi connectivity index (χ1) is 8.65. The third-order valence-corrected chi connectivity index (χ3v) is 3.75. The van der Waals surface area contributed by atoms with Gasteiger partial charge in [-0.15, -0.1) is 0 Å². The van der Waals surface area contributed by atoms with Crippen molar-refractivity contribution in [3.05, 3.63) is 34.6 Å². The van der Waals surface area contributed by atoms with Crippen LogP contribution in [0.2, 0.25) is 0 Å². The van der Waals surface area contributed by atoms with Crippen LogP contribution in [0.3, 0.4) is 0 Å². The van der Waals surface area contributed by atoms with Crippen LogP contribution in [0.4, 0.5) is 0 Å². The first-order valence-electron chi connectivity index (χ1n) is 5.61. The molecule has 92 valence electrons. The van der Waals surface area contributed by atoms with Gasteiger partial charge in [0.05, 0.1) is 22.1 Å². The molecule has 1 saturated heterocycles. The van der Waals surface area contributed by atoms with E-state index in [2.05, 4.69) is 26.3 Å². The molecule has 6 heteroatoms. The minimum atomic E-state index is -0.255. The highest BCUT2D eigenvalue weighted by Crippen LogP contribution is 2.27. The van der Waals surface area contributed by atoms with Crippen LogP contribution < -0.4 is 5.32 Å². The van der Waals surface area contributed by atoms with Crippen molar-refractivity contribution in [1.29, 1.82) is 0 Å². The Morgan fingerprint density at radius 1 is 1.44 bits per heavy atom. The number of hydrogen-bond donors (Lipinski definition) is 1. The smallest absolute Gasteiger partial charge is 0.234 e. The molecule has 0 saturated carbocycles. The molecule has 0 aliphatic carbocycles. The fraction of sp³-hybridized carbons (Fsp3) is 0.250. The molecule has 2 amide bonds. The zero-order valence-electron chi connectivity index (χ0n) is 9.39. The topological polar surface area (TPSA) is 63.5 Å². The summed E-state index contributed by atoms with van der Waals surface area (Å²) in [5.74, 6) is -0.663. The molecular weight excluding hydrogens is 298 g/mol. The van der Waals surface area contributed by atoms with Crippen LogP contribution in [0.15, 0.2) is 29.0 Å². The Bertz CT molecular complexity index is 650. The molecule has 1 fully saturated rings. The molecule has 3 heterocycles. The summed E-state index contributed by atoms with van der Waals surface area (Å²) in [7, 11) is 0. The highest BCUT2D eigenvalue weighted by Gasteiger charge is 2.28. The molecule has 1 aliphatic heterocycles. The van der Waals surface area contributed by atoms with Crippen LogP contribution in [0.25, 0.3) is 5.52 Å². The SMILES string of the molecule is O=C1CCC(c2ccn3ncc(Br)c3c2)C(=O)N1. The van der Waals surface area contributed by atoms with E-state index in [1.165, 1.54) is 0 Å². The van der Waals surface area contributed by atoms with Gasteiger partial charge >= 0.3 is 0 Å². The van der Waals surface area contributed by atoms with Crippen molar-refractivity contribution in [2.75, 3.05) is 0 Å². The summed E-state index contributed by atoms with van der Waals surface area (Å²) in [6, 6.07) is 3.80. The second-order valence-corrected chi connectivity index (χ2v) is 5.14. The summed E-state index contributed by atoms with van der Waals surface area (Å²) >= 11 is 3.41. The summed E-state index contributed by atoms with van der Waals surface area (Å²) < 4.78 is 2.62. The van der Waals surface area contributed by atoms with Crippen molar-refractivity contribution < 1.29 is 9.59 Å². The fourth-order valence-electron chi connectivity index (χ4n) is 2.20. The Kier molecular flexibility index (Phi) is 2.66. The third kappa shape index (κ3) is 1.82. The Morgan fingerprint density at radius 3 is 3.06 bits per heavy atom. The van der Waals surface area contributed by atoms with Gasteiger partial charge in [-0.1, -0.05) is 0 Å². The second-order valence-electron chi connectivity index (χ2n) is 4.29. The predicted molar refractivity (Wildman–Crippen MR) is 68.0 cm³/mol. The second kappa shape index (κ2) is 4.20. The number of fused-ring (bicyclic) bond motifs is 1. The van der Waals surface area contributed by atoms with E-state index in [-0.39, 0.29) is 17.7 Å². The van der Waals surface area contributed by atoms with E-state index in [0.29, 0.717) is 12.8 Å². The van der Waals surface area contributed by atoms with Crippen molar-refractivity contribution in [2.24, 2.45) is 0 Å².